The molecule has 4 nitrogen and oxygen atoms in total. The van der Waals surface area contributed by atoms with Crippen molar-refractivity contribution < 1.29 is 10.2 Å². The van der Waals surface area contributed by atoms with E-state index >= 15 is 0 Å². The van der Waals surface area contributed by atoms with Gasteiger partial charge in [0.25, 0.3) is 0 Å². The summed E-state index contributed by atoms with van der Waals surface area (Å²) in [6.45, 7) is 5.94. The molecule has 2 aromatic carbocycles. The molecule has 0 unspecified atom stereocenters. The maximum absolute atomic E-state index is 10.1. The van der Waals surface area contributed by atoms with Crippen LogP contribution < -0.4 is 5.84 Å². The lowest BCUT2D eigenvalue weighted by Gasteiger charge is -2.13. The largest absolute Gasteiger partial charge is 0.508 e. The van der Waals surface area contributed by atoms with Gasteiger partial charge in [-0.1, -0.05) is 41.6 Å². The maximum Gasteiger partial charge on any atom is 0.128 e. The first-order valence-electron chi connectivity index (χ1n) is 6.76. The van der Waals surface area contributed by atoms with Crippen LogP contribution in [0.2, 0.25) is 0 Å². The first-order chi connectivity index (χ1) is 10.5. The van der Waals surface area contributed by atoms with E-state index in [1.54, 1.807) is 6.07 Å². The van der Waals surface area contributed by atoms with Gasteiger partial charge < -0.3 is 16.1 Å². The van der Waals surface area contributed by atoms with Crippen LogP contribution >= 0.6 is 15.9 Å². The van der Waals surface area contributed by atoms with Gasteiger partial charge in [0.1, 0.15) is 17.2 Å². The lowest BCUT2D eigenvalue weighted by molar-refractivity contribution is 0.446. The lowest BCUT2D eigenvalue weighted by Crippen LogP contribution is -2.08. The van der Waals surface area contributed by atoms with Crippen LogP contribution in [-0.2, 0) is 6.42 Å². The lowest BCUT2D eigenvalue weighted by atomic mass is 9.94. The third-order valence-corrected chi connectivity index (χ3v) is 3.97. The zero-order chi connectivity index (χ0) is 16.3. The van der Waals surface area contributed by atoms with Crippen LogP contribution in [0.15, 0.2) is 52.6 Å². The van der Waals surface area contributed by atoms with E-state index in [1.807, 2.05) is 31.2 Å². The Morgan fingerprint density at radius 2 is 1.82 bits per heavy atom. The molecule has 0 aliphatic carbocycles. The molecule has 5 heteroatoms. The highest BCUT2D eigenvalue weighted by Gasteiger charge is 2.16. The summed E-state index contributed by atoms with van der Waals surface area (Å²) in [4.78, 5) is 0. The van der Waals surface area contributed by atoms with E-state index in [9.17, 15) is 10.2 Å². The number of phenolic OH excluding ortho intramolecular Hbond substituents is 2. The fourth-order valence-electron chi connectivity index (χ4n) is 2.19. The third-order valence-electron chi connectivity index (χ3n) is 3.44. The molecule has 0 aliphatic heterocycles. The van der Waals surface area contributed by atoms with Gasteiger partial charge in [0, 0.05) is 21.7 Å². The molecule has 114 valence electrons. The number of allylic oxidation sites excluding steroid dienone is 1. The van der Waals surface area contributed by atoms with E-state index in [-0.39, 0.29) is 11.5 Å². The van der Waals surface area contributed by atoms with E-state index in [0.717, 1.165) is 10.0 Å². The molecular weight excluding hydrogens is 344 g/mol. The van der Waals surface area contributed by atoms with Crippen molar-refractivity contribution in [3.8, 4) is 11.5 Å². The minimum absolute atomic E-state index is 0.0503. The van der Waals surface area contributed by atoms with Crippen LogP contribution in [0.5, 0.6) is 11.5 Å². The Balaban J connectivity index is 2.49. The van der Waals surface area contributed by atoms with E-state index < -0.39 is 0 Å². The number of hydrazone groups is 1. The van der Waals surface area contributed by atoms with E-state index in [4.69, 9.17) is 5.84 Å². The molecule has 22 heavy (non-hydrogen) atoms. The number of aryl methyl sites for hydroxylation is 1. The minimum Gasteiger partial charge on any atom is -0.508 e. The fraction of sp³-hybridized carbons (Fsp3) is 0.118. The number of halogens is 1. The second-order valence-corrected chi connectivity index (χ2v) is 5.73. The molecular formula is C17H17BrN2O2. The molecule has 0 bridgehead atoms. The number of aromatic hydroxyl groups is 2. The molecule has 2 rings (SSSR count). The summed E-state index contributed by atoms with van der Waals surface area (Å²) in [5, 5.41) is 23.7. The van der Waals surface area contributed by atoms with Gasteiger partial charge in [-0.2, -0.15) is 5.10 Å². The van der Waals surface area contributed by atoms with Crippen molar-refractivity contribution in [3.05, 3.63) is 64.1 Å². The third kappa shape index (κ3) is 3.14. The van der Waals surface area contributed by atoms with Gasteiger partial charge in [-0.05, 0) is 35.7 Å². The first kappa shape index (κ1) is 16.1. The van der Waals surface area contributed by atoms with Crippen molar-refractivity contribution in [2.24, 2.45) is 10.9 Å². The highest BCUT2D eigenvalue weighted by Crippen LogP contribution is 2.31. The monoisotopic (exact) mass is 360 g/mol. The number of phenols is 2. The smallest absolute Gasteiger partial charge is 0.128 e. The predicted octanol–water partition coefficient (Wildman–Crippen LogP) is 3.80. The second-order valence-electron chi connectivity index (χ2n) is 4.81. The van der Waals surface area contributed by atoms with Crippen LogP contribution in [-0.4, -0.2) is 15.9 Å². The second kappa shape index (κ2) is 6.66. The summed E-state index contributed by atoms with van der Waals surface area (Å²) < 4.78 is 0.955. The highest BCUT2D eigenvalue weighted by molar-refractivity contribution is 9.10. The minimum atomic E-state index is -0.0860. The van der Waals surface area contributed by atoms with Gasteiger partial charge in [0.2, 0.25) is 0 Å². The molecule has 0 saturated carbocycles. The van der Waals surface area contributed by atoms with Crippen LogP contribution in [0.3, 0.4) is 0 Å². The number of rotatable bonds is 4. The number of nitrogens with two attached hydrogens (primary N) is 1. The summed E-state index contributed by atoms with van der Waals surface area (Å²) in [5.74, 6) is 5.48. The van der Waals surface area contributed by atoms with E-state index in [1.165, 1.54) is 6.07 Å². The normalized spacial score (nSPS) is 11.5. The number of benzene rings is 2. The highest BCUT2D eigenvalue weighted by atomic mass is 79.9. The quantitative estimate of drug-likeness (QED) is 0.440. The molecule has 0 amide bonds. The van der Waals surface area contributed by atoms with Crippen LogP contribution in [0.1, 0.15) is 23.6 Å². The van der Waals surface area contributed by atoms with Crippen molar-refractivity contribution >= 4 is 27.2 Å². The molecule has 0 atom stereocenters. The summed E-state index contributed by atoms with van der Waals surface area (Å²) in [6, 6.07) is 10.5. The molecule has 0 fully saturated rings. The molecule has 0 radical (unpaired) electrons. The predicted molar refractivity (Wildman–Crippen MR) is 93.1 cm³/mol. The van der Waals surface area contributed by atoms with Crippen molar-refractivity contribution in [1.29, 1.82) is 0 Å². The van der Waals surface area contributed by atoms with Crippen molar-refractivity contribution in [3.63, 3.8) is 0 Å². The van der Waals surface area contributed by atoms with E-state index in [2.05, 4.69) is 27.6 Å². The first-order valence-corrected chi connectivity index (χ1v) is 7.55. The topological polar surface area (TPSA) is 78.8 Å². The summed E-state index contributed by atoms with van der Waals surface area (Å²) in [5.41, 5.74) is 2.98. The molecule has 0 saturated heterocycles. The van der Waals surface area contributed by atoms with Gasteiger partial charge in [-0.25, -0.2) is 0 Å². The zero-order valence-corrected chi connectivity index (χ0v) is 13.8. The maximum atomic E-state index is 10.1. The van der Waals surface area contributed by atoms with Crippen LogP contribution in [0.4, 0.5) is 0 Å². The van der Waals surface area contributed by atoms with Gasteiger partial charge in [0.15, 0.2) is 0 Å². The van der Waals surface area contributed by atoms with Crippen LogP contribution in [0.25, 0.3) is 5.57 Å². The number of hydrogen-bond donors (Lipinski definition) is 3. The Hall–Kier alpha value is -2.27. The molecule has 0 spiro atoms. The summed E-state index contributed by atoms with van der Waals surface area (Å²) in [7, 11) is 0. The van der Waals surface area contributed by atoms with Crippen molar-refractivity contribution in [2.45, 2.75) is 13.3 Å². The average Bonchev–Trinajstić information content (AvgIpc) is 2.50. The fourth-order valence-corrected chi connectivity index (χ4v) is 2.46. The summed E-state index contributed by atoms with van der Waals surface area (Å²) in [6.07, 6.45) is 0.627. The molecule has 0 heterocycles. The number of nitrogens with zero attached hydrogens (tertiary/aromatic N) is 1. The van der Waals surface area contributed by atoms with Gasteiger partial charge in [0.05, 0.1) is 0 Å². The average molecular weight is 361 g/mol. The molecule has 4 N–H and O–H groups in total. The SMILES string of the molecule is C=C(/C(=N\N)c1cc(CC)c(O)cc1O)c1ccc(Br)cc1. The van der Waals surface area contributed by atoms with Gasteiger partial charge >= 0.3 is 0 Å². The van der Waals surface area contributed by atoms with Gasteiger partial charge in [-0.3, -0.25) is 0 Å². The molecule has 0 aliphatic rings. The molecule has 0 aromatic heterocycles. The van der Waals surface area contributed by atoms with Crippen molar-refractivity contribution in [1.82, 2.24) is 0 Å². The van der Waals surface area contributed by atoms with E-state index in [0.29, 0.717) is 28.8 Å². The molecule has 2 aromatic rings. The summed E-state index contributed by atoms with van der Waals surface area (Å²) >= 11 is 3.38. The zero-order valence-electron chi connectivity index (χ0n) is 12.2. The Morgan fingerprint density at radius 1 is 1.18 bits per heavy atom. The van der Waals surface area contributed by atoms with Gasteiger partial charge in [-0.15, -0.1) is 0 Å². The Kier molecular flexibility index (Phi) is 4.88. The Morgan fingerprint density at radius 3 is 2.36 bits per heavy atom. The van der Waals surface area contributed by atoms with Crippen LogP contribution in [0, 0.1) is 0 Å². The Bertz CT molecular complexity index is 737. The number of hydrogen-bond acceptors (Lipinski definition) is 4. The van der Waals surface area contributed by atoms with Crippen molar-refractivity contribution in [2.75, 3.05) is 0 Å². The standard InChI is InChI=1S/C17H17BrN2O2/c1-3-11-8-14(16(22)9-15(11)21)17(20-19)10(2)12-4-6-13(18)7-5-12/h4-9,21-22H,2-3,19H2,1H3/b20-17+. The Labute approximate surface area is 137 Å².